The number of hydrogen-bond donors (Lipinski definition) is 1. The Morgan fingerprint density at radius 2 is 2.17 bits per heavy atom. The molecule has 1 fully saturated rings. The van der Waals surface area contributed by atoms with E-state index in [1.165, 1.54) is 16.6 Å². The minimum atomic E-state index is -3.49. The first-order valence-electron chi connectivity index (χ1n) is 6.08. The second kappa shape index (κ2) is 4.95. The third-order valence-electron chi connectivity index (χ3n) is 3.72. The van der Waals surface area contributed by atoms with E-state index in [0.29, 0.717) is 13.1 Å². The van der Waals surface area contributed by atoms with E-state index in [-0.39, 0.29) is 10.4 Å². The van der Waals surface area contributed by atoms with Crippen LogP contribution in [0.15, 0.2) is 29.4 Å². The molecule has 0 saturated heterocycles. The second-order valence-corrected chi connectivity index (χ2v) is 6.98. The number of nitrogens with zero attached hydrogens (tertiary/aromatic N) is 2. The van der Waals surface area contributed by atoms with E-state index in [1.54, 1.807) is 19.2 Å². The predicted molar refractivity (Wildman–Crippen MR) is 69.4 cm³/mol. The SMILES string of the molecule is CN(CC1(CN)CCC1)S(=O)(=O)c1ccccn1. The van der Waals surface area contributed by atoms with Crippen molar-refractivity contribution in [2.45, 2.75) is 24.3 Å². The highest BCUT2D eigenvalue weighted by atomic mass is 32.2. The lowest BCUT2D eigenvalue weighted by atomic mass is 9.69. The second-order valence-electron chi connectivity index (χ2n) is 4.99. The fourth-order valence-electron chi connectivity index (χ4n) is 2.32. The third kappa shape index (κ3) is 2.41. The predicted octanol–water partition coefficient (Wildman–Crippen LogP) is 0.831. The van der Waals surface area contributed by atoms with E-state index in [9.17, 15) is 8.42 Å². The molecule has 0 radical (unpaired) electrons. The molecule has 1 aliphatic rings. The number of sulfonamides is 1. The van der Waals surface area contributed by atoms with Crippen LogP contribution in [0.4, 0.5) is 0 Å². The molecule has 0 amide bonds. The molecule has 0 aliphatic heterocycles. The van der Waals surface area contributed by atoms with Crippen molar-refractivity contribution >= 4 is 10.0 Å². The maximum absolute atomic E-state index is 12.3. The minimum absolute atomic E-state index is 0.0312. The third-order valence-corrected chi connectivity index (χ3v) is 5.44. The summed E-state index contributed by atoms with van der Waals surface area (Å²) < 4.78 is 26.0. The van der Waals surface area contributed by atoms with Gasteiger partial charge in [-0.05, 0) is 36.9 Å². The van der Waals surface area contributed by atoms with Crippen molar-refractivity contribution in [3.8, 4) is 0 Å². The first-order valence-corrected chi connectivity index (χ1v) is 7.52. The van der Waals surface area contributed by atoms with Crippen LogP contribution in [0, 0.1) is 5.41 Å². The summed E-state index contributed by atoms with van der Waals surface area (Å²) in [7, 11) is -1.89. The van der Waals surface area contributed by atoms with Crippen LogP contribution in [0.2, 0.25) is 0 Å². The summed E-state index contributed by atoms with van der Waals surface area (Å²) in [5.41, 5.74) is 5.73. The molecule has 0 bridgehead atoms. The van der Waals surface area contributed by atoms with E-state index in [0.717, 1.165) is 19.3 Å². The molecular weight excluding hydrogens is 250 g/mol. The summed E-state index contributed by atoms with van der Waals surface area (Å²) in [6.45, 7) is 1.01. The van der Waals surface area contributed by atoms with Crippen LogP contribution in [-0.2, 0) is 10.0 Å². The van der Waals surface area contributed by atoms with Gasteiger partial charge in [-0.15, -0.1) is 0 Å². The van der Waals surface area contributed by atoms with Gasteiger partial charge in [-0.25, -0.2) is 13.4 Å². The maximum atomic E-state index is 12.3. The molecule has 18 heavy (non-hydrogen) atoms. The Hall–Kier alpha value is -0.980. The Morgan fingerprint density at radius 3 is 2.61 bits per heavy atom. The van der Waals surface area contributed by atoms with Gasteiger partial charge in [-0.2, -0.15) is 4.31 Å². The van der Waals surface area contributed by atoms with Crippen molar-refractivity contribution in [3.05, 3.63) is 24.4 Å². The number of hydrogen-bond acceptors (Lipinski definition) is 4. The van der Waals surface area contributed by atoms with Crippen LogP contribution in [0.1, 0.15) is 19.3 Å². The first kappa shape index (κ1) is 13.5. The van der Waals surface area contributed by atoms with Gasteiger partial charge in [-0.1, -0.05) is 12.5 Å². The molecule has 0 atom stereocenters. The number of aromatic nitrogens is 1. The normalized spacial score (nSPS) is 18.6. The Morgan fingerprint density at radius 1 is 1.44 bits per heavy atom. The lowest BCUT2D eigenvalue weighted by Gasteiger charge is -2.43. The van der Waals surface area contributed by atoms with E-state index in [4.69, 9.17) is 5.73 Å². The minimum Gasteiger partial charge on any atom is -0.330 e. The average molecular weight is 269 g/mol. The van der Waals surface area contributed by atoms with Gasteiger partial charge in [0.05, 0.1) is 0 Å². The molecule has 1 aromatic heterocycles. The highest BCUT2D eigenvalue weighted by Crippen LogP contribution is 2.40. The van der Waals surface area contributed by atoms with Gasteiger partial charge in [0.1, 0.15) is 0 Å². The molecule has 0 spiro atoms. The molecule has 0 aromatic carbocycles. The number of nitrogens with two attached hydrogens (primary N) is 1. The fraction of sp³-hybridized carbons (Fsp3) is 0.583. The van der Waals surface area contributed by atoms with Crippen LogP contribution in [-0.4, -0.2) is 37.8 Å². The van der Waals surface area contributed by atoms with Gasteiger partial charge in [-0.3, -0.25) is 0 Å². The molecule has 5 nitrogen and oxygen atoms in total. The smallest absolute Gasteiger partial charge is 0.260 e. The molecule has 2 rings (SSSR count). The summed E-state index contributed by atoms with van der Waals surface area (Å²) in [5.74, 6) is 0. The van der Waals surface area contributed by atoms with Gasteiger partial charge in [0, 0.05) is 19.8 Å². The van der Waals surface area contributed by atoms with Gasteiger partial charge in [0.2, 0.25) is 0 Å². The van der Waals surface area contributed by atoms with Crippen LogP contribution < -0.4 is 5.73 Å². The zero-order chi connectivity index (χ0) is 13.2. The van der Waals surface area contributed by atoms with Crippen molar-refractivity contribution in [3.63, 3.8) is 0 Å². The average Bonchev–Trinajstić information content (AvgIpc) is 2.34. The van der Waals surface area contributed by atoms with Gasteiger partial charge >= 0.3 is 0 Å². The molecule has 100 valence electrons. The van der Waals surface area contributed by atoms with E-state index < -0.39 is 10.0 Å². The summed E-state index contributed by atoms with van der Waals surface area (Å²) in [6, 6.07) is 4.89. The quantitative estimate of drug-likeness (QED) is 0.859. The standard InChI is InChI=1S/C12H19N3O2S/c1-15(10-12(9-13)6-4-7-12)18(16,17)11-5-2-3-8-14-11/h2-3,5,8H,4,6-7,9-10,13H2,1H3. The Labute approximate surface area is 108 Å². The fourth-order valence-corrected chi connectivity index (χ4v) is 3.53. The molecule has 1 aliphatic carbocycles. The van der Waals surface area contributed by atoms with E-state index in [2.05, 4.69) is 4.98 Å². The first-order chi connectivity index (χ1) is 8.50. The van der Waals surface area contributed by atoms with Gasteiger partial charge in [0.15, 0.2) is 5.03 Å². The van der Waals surface area contributed by atoms with Crippen molar-refractivity contribution in [2.24, 2.45) is 11.1 Å². The van der Waals surface area contributed by atoms with Crippen LogP contribution in [0.25, 0.3) is 0 Å². The monoisotopic (exact) mass is 269 g/mol. The van der Waals surface area contributed by atoms with E-state index in [1.807, 2.05) is 0 Å². The molecular formula is C12H19N3O2S. The number of rotatable bonds is 5. The Kier molecular flexibility index (Phi) is 3.70. The molecule has 1 saturated carbocycles. The van der Waals surface area contributed by atoms with Crippen molar-refractivity contribution < 1.29 is 8.42 Å². The molecule has 1 aromatic rings. The maximum Gasteiger partial charge on any atom is 0.260 e. The van der Waals surface area contributed by atoms with Crippen LogP contribution in [0.3, 0.4) is 0 Å². The molecule has 6 heteroatoms. The zero-order valence-electron chi connectivity index (χ0n) is 10.5. The van der Waals surface area contributed by atoms with E-state index >= 15 is 0 Å². The Bertz CT molecular complexity index is 492. The number of pyridine rings is 1. The highest BCUT2D eigenvalue weighted by molar-refractivity contribution is 7.89. The lowest BCUT2D eigenvalue weighted by molar-refractivity contribution is 0.117. The van der Waals surface area contributed by atoms with Crippen molar-refractivity contribution in [2.75, 3.05) is 20.1 Å². The highest BCUT2D eigenvalue weighted by Gasteiger charge is 2.39. The van der Waals surface area contributed by atoms with Gasteiger partial charge in [0.25, 0.3) is 10.0 Å². The van der Waals surface area contributed by atoms with Crippen molar-refractivity contribution in [1.29, 1.82) is 0 Å². The molecule has 1 heterocycles. The zero-order valence-corrected chi connectivity index (χ0v) is 11.4. The summed E-state index contributed by atoms with van der Waals surface area (Å²) in [4.78, 5) is 3.91. The largest absolute Gasteiger partial charge is 0.330 e. The molecule has 0 unspecified atom stereocenters. The summed E-state index contributed by atoms with van der Waals surface area (Å²) in [5, 5.41) is 0.0963. The van der Waals surface area contributed by atoms with Crippen LogP contribution in [0.5, 0.6) is 0 Å². The summed E-state index contributed by atoms with van der Waals surface area (Å²) in [6.07, 6.45) is 4.63. The lowest BCUT2D eigenvalue weighted by Crippen LogP contribution is -2.47. The molecule has 2 N–H and O–H groups in total. The van der Waals surface area contributed by atoms with Crippen molar-refractivity contribution in [1.82, 2.24) is 9.29 Å². The summed E-state index contributed by atoms with van der Waals surface area (Å²) >= 11 is 0. The van der Waals surface area contributed by atoms with Crippen LogP contribution >= 0.6 is 0 Å². The van der Waals surface area contributed by atoms with Gasteiger partial charge < -0.3 is 5.73 Å². The topological polar surface area (TPSA) is 76.3 Å². The Balaban J connectivity index is 2.16.